The number of rotatable bonds is 5. The van der Waals surface area contributed by atoms with E-state index >= 15 is 0 Å². The van der Waals surface area contributed by atoms with Gasteiger partial charge in [-0.1, -0.05) is 31.0 Å². The first-order valence-electron chi connectivity index (χ1n) is 7.17. The molecular weight excluding hydrogens is 288 g/mol. The molecule has 0 unspecified atom stereocenters. The highest BCUT2D eigenvalue weighted by Gasteiger charge is 2.22. The van der Waals surface area contributed by atoms with Crippen LogP contribution >= 0.6 is 0 Å². The van der Waals surface area contributed by atoms with Crippen molar-refractivity contribution in [3.8, 4) is 0 Å². The predicted molar refractivity (Wildman–Crippen MR) is 83.3 cm³/mol. The molecule has 4 N–H and O–H groups in total. The second-order valence-electron chi connectivity index (χ2n) is 5.25. The standard InChI is InChI=1S/C14H22N4O2S/c15-14(16)13-7-5-6-12(10-13)11-17-21(19,20)18-8-3-1-2-4-9-18/h5-7,10,17H,1-4,8-9,11H2,(H3,15,16). The molecule has 21 heavy (non-hydrogen) atoms. The lowest BCUT2D eigenvalue weighted by molar-refractivity contribution is 0.414. The first kappa shape index (κ1) is 15.9. The van der Waals surface area contributed by atoms with Gasteiger partial charge in [-0.25, -0.2) is 0 Å². The fourth-order valence-electron chi connectivity index (χ4n) is 2.40. The van der Waals surface area contributed by atoms with E-state index in [0.717, 1.165) is 31.2 Å². The van der Waals surface area contributed by atoms with Crippen LogP contribution in [0.5, 0.6) is 0 Å². The molecule has 2 rings (SSSR count). The molecule has 116 valence electrons. The Morgan fingerprint density at radius 3 is 2.52 bits per heavy atom. The van der Waals surface area contributed by atoms with E-state index in [1.807, 2.05) is 6.07 Å². The molecule has 0 atom stereocenters. The van der Waals surface area contributed by atoms with Crippen molar-refractivity contribution in [3.63, 3.8) is 0 Å². The van der Waals surface area contributed by atoms with Gasteiger partial charge >= 0.3 is 0 Å². The van der Waals surface area contributed by atoms with Crippen molar-refractivity contribution >= 4 is 16.0 Å². The van der Waals surface area contributed by atoms with Crippen LogP contribution in [0.1, 0.15) is 36.8 Å². The highest BCUT2D eigenvalue weighted by atomic mass is 32.2. The van der Waals surface area contributed by atoms with Crippen LogP contribution in [0.25, 0.3) is 0 Å². The van der Waals surface area contributed by atoms with E-state index in [1.54, 1.807) is 18.2 Å². The van der Waals surface area contributed by atoms with Crippen molar-refractivity contribution in [1.29, 1.82) is 5.41 Å². The summed E-state index contributed by atoms with van der Waals surface area (Å²) in [4.78, 5) is 0. The molecule has 0 bridgehead atoms. The Bertz CT molecular complexity index is 593. The highest BCUT2D eigenvalue weighted by Crippen LogP contribution is 2.13. The number of benzene rings is 1. The topological polar surface area (TPSA) is 99.3 Å². The Labute approximate surface area is 126 Å². The van der Waals surface area contributed by atoms with Gasteiger partial charge < -0.3 is 5.73 Å². The van der Waals surface area contributed by atoms with Gasteiger partial charge in [0.15, 0.2) is 0 Å². The number of nitrogens with two attached hydrogens (primary N) is 1. The van der Waals surface area contributed by atoms with E-state index in [-0.39, 0.29) is 12.4 Å². The van der Waals surface area contributed by atoms with Gasteiger partial charge in [0.1, 0.15) is 5.84 Å². The minimum absolute atomic E-state index is 0.0211. The average Bonchev–Trinajstić information content (AvgIpc) is 2.75. The molecule has 0 radical (unpaired) electrons. The van der Waals surface area contributed by atoms with Crippen molar-refractivity contribution in [1.82, 2.24) is 9.03 Å². The largest absolute Gasteiger partial charge is 0.384 e. The van der Waals surface area contributed by atoms with Crippen molar-refractivity contribution in [2.24, 2.45) is 5.73 Å². The third-order valence-electron chi connectivity index (χ3n) is 3.60. The van der Waals surface area contributed by atoms with Crippen molar-refractivity contribution in [2.45, 2.75) is 32.2 Å². The monoisotopic (exact) mass is 310 g/mol. The second-order valence-corrected chi connectivity index (χ2v) is 7.01. The zero-order chi connectivity index (χ0) is 15.3. The van der Waals surface area contributed by atoms with Crippen LogP contribution in [-0.2, 0) is 16.8 Å². The fourth-order valence-corrected chi connectivity index (χ4v) is 3.67. The number of nitrogen functional groups attached to an aromatic ring is 1. The van der Waals surface area contributed by atoms with E-state index in [1.165, 1.54) is 4.31 Å². The van der Waals surface area contributed by atoms with E-state index in [0.29, 0.717) is 18.7 Å². The molecule has 1 aromatic carbocycles. The maximum absolute atomic E-state index is 12.3. The zero-order valence-corrected chi connectivity index (χ0v) is 12.8. The van der Waals surface area contributed by atoms with Gasteiger partial charge in [-0.15, -0.1) is 0 Å². The van der Waals surface area contributed by atoms with Gasteiger partial charge in [-0.3, -0.25) is 5.41 Å². The molecule has 1 aromatic rings. The third kappa shape index (κ3) is 4.52. The summed E-state index contributed by atoms with van der Waals surface area (Å²) in [5, 5.41) is 7.40. The summed E-state index contributed by atoms with van der Waals surface area (Å²) in [6, 6.07) is 7.05. The zero-order valence-electron chi connectivity index (χ0n) is 12.0. The third-order valence-corrected chi connectivity index (χ3v) is 5.16. The van der Waals surface area contributed by atoms with Crippen LogP contribution in [0.2, 0.25) is 0 Å². The summed E-state index contributed by atoms with van der Waals surface area (Å²) >= 11 is 0. The molecule has 1 saturated heterocycles. The number of hydrogen-bond acceptors (Lipinski definition) is 3. The molecule has 7 heteroatoms. The Kier molecular flexibility index (Phi) is 5.33. The van der Waals surface area contributed by atoms with Crippen LogP contribution in [0.3, 0.4) is 0 Å². The van der Waals surface area contributed by atoms with E-state index < -0.39 is 10.2 Å². The predicted octanol–water partition coefficient (Wildman–Crippen LogP) is 1.18. The molecule has 1 aliphatic heterocycles. The molecule has 0 aliphatic carbocycles. The Morgan fingerprint density at radius 1 is 1.24 bits per heavy atom. The maximum atomic E-state index is 12.3. The molecule has 0 aromatic heterocycles. The summed E-state index contributed by atoms with van der Waals surface area (Å²) in [6.45, 7) is 1.38. The van der Waals surface area contributed by atoms with Crippen LogP contribution in [0.4, 0.5) is 0 Å². The van der Waals surface area contributed by atoms with Crippen molar-refractivity contribution in [2.75, 3.05) is 13.1 Å². The normalized spacial score (nSPS) is 17.3. The van der Waals surface area contributed by atoms with Crippen LogP contribution in [-0.4, -0.2) is 31.6 Å². The number of hydrogen-bond donors (Lipinski definition) is 3. The Balaban J connectivity index is 2.00. The van der Waals surface area contributed by atoms with Crippen LogP contribution in [0.15, 0.2) is 24.3 Å². The number of amidine groups is 1. The first-order valence-corrected chi connectivity index (χ1v) is 8.61. The van der Waals surface area contributed by atoms with Gasteiger partial charge in [0, 0.05) is 25.2 Å². The average molecular weight is 310 g/mol. The van der Waals surface area contributed by atoms with E-state index in [9.17, 15) is 8.42 Å². The molecule has 6 nitrogen and oxygen atoms in total. The quantitative estimate of drug-likeness (QED) is 0.562. The molecule has 1 fully saturated rings. The summed E-state index contributed by atoms with van der Waals surface area (Å²) < 4.78 is 28.7. The maximum Gasteiger partial charge on any atom is 0.279 e. The van der Waals surface area contributed by atoms with Crippen LogP contribution in [0, 0.1) is 5.41 Å². The van der Waals surface area contributed by atoms with E-state index in [4.69, 9.17) is 11.1 Å². The molecule has 0 saturated carbocycles. The first-order chi connectivity index (χ1) is 9.99. The number of nitrogens with zero attached hydrogens (tertiary/aromatic N) is 1. The van der Waals surface area contributed by atoms with Crippen molar-refractivity contribution < 1.29 is 8.42 Å². The van der Waals surface area contributed by atoms with E-state index in [2.05, 4.69) is 4.72 Å². The molecular formula is C14H22N4O2S. The minimum atomic E-state index is -3.44. The molecule has 1 aliphatic rings. The van der Waals surface area contributed by atoms with Gasteiger partial charge in [-0.05, 0) is 24.5 Å². The minimum Gasteiger partial charge on any atom is -0.384 e. The molecule has 0 spiro atoms. The van der Waals surface area contributed by atoms with Gasteiger partial charge in [0.2, 0.25) is 0 Å². The van der Waals surface area contributed by atoms with Gasteiger partial charge in [0.05, 0.1) is 0 Å². The SMILES string of the molecule is N=C(N)c1cccc(CNS(=O)(=O)N2CCCCCC2)c1. The summed E-state index contributed by atoms with van der Waals surface area (Å²) in [5.74, 6) is -0.0211. The Morgan fingerprint density at radius 2 is 1.90 bits per heavy atom. The lowest BCUT2D eigenvalue weighted by Gasteiger charge is -2.20. The molecule has 0 amide bonds. The highest BCUT2D eigenvalue weighted by molar-refractivity contribution is 7.87. The summed E-state index contributed by atoms with van der Waals surface area (Å²) in [5.41, 5.74) is 6.83. The summed E-state index contributed by atoms with van der Waals surface area (Å²) in [6.07, 6.45) is 4.01. The lowest BCUT2D eigenvalue weighted by Crippen LogP contribution is -2.40. The van der Waals surface area contributed by atoms with Crippen LogP contribution < -0.4 is 10.5 Å². The summed E-state index contributed by atoms with van der Waals surface area (Å²) in [7, 11) is -3.44. The van der Waals surface area contributed by atoms with Gasteiger partial charge in [-0.2, -0.15) is 17.4 Å². The number of nitrogens with one attached hydrogen (secondary N) is 2. The fraction of sp³-hybridized carbons (Fsp3) is 0.500. The smallest absolute Gasteiger partial charge is 0.279 e. The lowest BCUT2D eigenvalue weighted by atomic mass is 10.1. The second kappa shape index (κ2) is 7.02. The molecule has 1 heterocycles. The Hall–Kier alpha value is -1.44. The van der Waals surface area contributed by atoms with Crippen molar-refractivity contribution in [3.05, 3.63) is 35.4 Å². The van der Waals surface area contributed by atoms with Gasteiger partial charge in [0.25, 0.3) is 10.2 Å².